The number of hydrogen-bond acceptors (Lipinski definition) is 4. The van der Waals surface area contributed by atoms with Gasteiger partial charge in [-0.1, -0.05) is 24.3 Å². The van der Waals surface area contributed by atoms with Gasteiger partial charge in [-0.2, -0.15) is 5.26 Å². The SMILES string of the molecule is COc1ccccc1C(CNc1cccc(F)c1C#N)N1CCCC1. The maximum absolute atomic E-state index is 13.8. The average Bonchev–Trinajstić information content (AvgIpc) is 3.17. The van der Waals surface area contributed by atoms with Crippen LogP contribution in [0.4, 0.5) is 10.1 Å². The van der Waals surface area contributed by atoms with Gasteiger partial charge in [0.25, 0.3) is 0 Å². The van der Waals surface area contributed by atoms with Gasteiger partial charge in [0.2, 0.25) is 0 Å². The van der Waals surface area contributed by atoms with Gasteiger partial charge in [-0.05, 0) is 44.1 Å². The molecule has 25 heavy (non-hydrogen) atoms. The Labute approximate surface area is 147 Å². The highest BCUT2D eigenvalue weighted by molar-refractivity contribution is 5.58. The van der Waals surface area contributed by atoms with E-state index in [1.807, 2.05) is 24.3 Å². The van der Waals surface area contributed by atoms with Gasteiger partial charge in [-0.25, -0.2) is 4.39 Å². The Morgan fingerprint density at radius 1 is 1.20 bits per heavy atom. The molecule has 1 aliphatic rings. The Bertz CT molecular complexity index is 766. The van der Waals surface area contributed by atoms with E-state index < -0.39 is 5.82 Å². The summed E-state index contributed by atoms with van der Waals surface area (Å²) in [6.45, 7) is 2.63. The highest BCUT2D eigenvalue weighted by Crippen LogP contribution is 2.32. The van der Waals surface area contributed by atoms with Crippen molar-refractivity contribution < 1.29 is 9.13 Å². The second-order valence-corrected chi connectivity index (χ2v) is 6.16. The third-order valence-corrected chi connectivity index (χ3v) is 4.69. The summed E-state index contributed by atoms with van der Waals surface area (Å²) >= 11 is 0. The first-order valence-electron chi connectivity index (χ1n) is 8.54. The predicted octanol–water partition coefficient (Wildman–Crippen LogP) is 3.95. The number of methoxy groups -OCH3 is 1. The van der Waals surface area contributed by atoms with Crippen LogP contribution in [0.5, 0.6) is 5.75 Å². The van der Waals surface area contributed by atoms with Crippen molar-refractivity contribution in [3.63, 3.8) is 0 Å². The van der Waals surface area contributed by atoms with Crippen molar-refractivity contribution in [1.82, 2.24) is 4.90 Å². The fourth-order valence-corrected chi connectivity index (χ4v) is 3.42. The molecule has 1 fully saturated rings. The summed E-state index contributed by atoms with van der Waals surface area (Å²) in [6.07, 6.45) is 2.35. The zero-order valence-corrected chi connectivity index (χ0v) is 14.3. The van der Waals surface area contributed by atoms with E-state index in [-0.39, 0.29) is 11.6 Å². The molecular formula is C20H22FN3O. The molecule has 0 saturated carbocycles. The van der Waals surface area contributed by atoms with Crippen LogP contribution in [0, 0.1) is 17.1 Å². The summed E-state index contributed by atoms with van der Waals surface area (Å²) in [5.74, 6) is 0.350. The molecule has 5 heteroatoms. The van der Waals surface area contributed by atoms with E-state index in [4.69, 9.17) is 4.74 Å². The number of hydrogen-bond donors (Lipinski definition) is 1. The molecule has 1 unspecified atom stereocenters. The second kappa shape index (κ2) is 8.00. The summed E-state index contributed by atoms with van der Waals surface area (Å²) in [6, 6.07) is 14.7. The smallest absolute Gasteiger partial charge is 0.143 e. The normalized spacial score (nSPS) is 15.6. The lowest BCUT2D eigenvalue weighted by Gasteiger charge is -2.29. The lowest BCUT2D eigenvalue weighted by molar-refractivity contribution is 0.249. The van der Waals surface area contributed by atoms with Crippen LogP contribution in [0.1, 0.15) is 30.0 Å². The molecule has 1 saturated heterocycles. The fraction of sp³-hybridized carbons (Fsp3) is 0.350. The highest BCUT2D eigenvalue weighted by Gasteiger charge is 2.26. The minimum atomic E-state index is -0.498. The van der Waals surface area contributed by atoms with E-state index in [0.717, 1.165) is 24.4 Å². The first kappa shape index (κ1) is 17.2. The number of nitrogens with zero attached hydrogens (tertiary/aromatic N) is 2. The summed E-state index contributed by atoms with van der Waals surface area (Å²) in [7, 11) is 1.67. The summed E-state index contributed by atoms with van der Waals surface area (Å²) in [5, 5.41) is 12.5. The molecule has 3 rings (SSSR count). The van der Waals surface area contributed by atoms with Crippen LogP contribution >= 0.6 is 0 Å². The molecular weight excluding hydrogens is 317 g/mol. The van der Waals surface area contributed by atoms with E-state index in [1.54, 1.807) is 19.2 Å². The number of likely N-dealkylation sites (tertiary alicyclic amines) is 1. The van der Waals surface area contributed by atoms with Crippen LogP contribution in [0.3, 0.4) is 0 Å². The van der Waals surface area contributed by atoms with Gasteiger partial charge < -0.3 is 10.1 Å². The van der Waals surface area contributed by atoms with Crippen LogP contribution in [-0.2, 0) is 0 Å². The zero-order valence-electron chi connectivity index (χ0n) is 14.3. The molecule has 4 nitrogen and oxygen atoms in total. The molecule has 0 spiro atoms. The number of para-hydroxylation sites is 1. The van der Waals surface area contributed by atoms with Crippen molar-refractivity contribution in [2.75, 3.05) is 32.1 Å². The fourth-order valence-electron chi connectivity index (χ4n) is 3.42. The van der Waals surface area contributed by atoms with Gasteiger partial charge in [-0.3, -0.25) is 4.90 Å². The molecule has 1 atom stereocenters. The first-order chi connectivity index (χ1) is 12.2. The number of nitriles is 1. The van der Waals surface area contributed by atoms with Crippen LogP contribution in [0.2, 0.25) is 0 Å². The van der Waals surface area contributed by atoms with Crippen molar-refractivity contribution in [3.8, 4) is 11.8 Å². The summed E-state index contributed by atoms with van der Waals surface area (Å²) in [4.78, 5) is 2.41. The third-order valence-electron chi connectivity index (χ3n) is 4.69. The highest BCUT2D eigenvalue weighted by atomic mass is 19.1. The zero-order chi connectivity index (χ0) is 17.6. The van der Waals surface area contributed by atoms with Gasteiger partial charge in [0.05, 0.1) is 18.8 Å². The Balaban J connectivity index is 1.87. The van der Waals surface area contributed by atoms with Crippen LogP contribution in [-0.4, -0.2) is 31.6 Å². The maximum Gasteiger partial charge on any atom is 0.143 e. The topological polar surface area (TPSA) is 48.3 Å². The molecule has 0 aromatic heterocycles. The van der Waals surface area contributed by atoms with Gasteiger partial charge >= 0.3 is 0 Å². The molecule has 1 N–H and O–H groups in total. The third kappa shape index (κ3) is 3.75. The predicted molar refractivity (Wildman–Crippen MR) is 96.1 cm³/mol. The standard InChI is InChI=1S/C20H22FN3O/c1-25-20-10-3-2-7-15(20)19(24-11-4-5-12-24)14-23-18-9-6-8-17(21)16(18)13-22/h2-3,6-10,19,23H,4-5,11-12,14H2,1H3. The van der Waals surface area contributed by atoms with Crippen molar-refractivity contribution >= 4 is 5.69 Å². The van der Waals surface area contributed by atoms with Crippen LogP contribution in [0.25, 0.3) is 0 Å². The van der Waals surface area contributed by atoms with Crippen molar-refractivity contribution in [3.05, 3.63) is 59.4 Å². The van der Waals surface area contributed by atoms with E-state index >= 15 is 0 Å². The summed E-state index contributed by atoms with van der Waals surface area (Å²) in [5.41, 5.74) is 1.69. The lowest BCUT2D eigenvalue weighted by Crippen LogP contribution is -2.31. The molecule has 1 aliphatic heterocycles. The second-order valence-electron chi connectivity index (χ2n) is 6.16. The number of anilines is 1. The Morgan fingerprint density at radius 3 is 2.68 bits per heavy atom. The van der Waals surface area contributed by atoms with Gasteiger partial charge in [0.15, 0.2) is 0 Å². The van der Waals surface area contributed by atoms with Gasteiger partial charge in [0, 0.05) is 12.1 Å². The van der Waals surface area contributed by atoms with E-state index in [2.05, 4.69) is 16.3 Å². The maximum atomic E-state index is 13.8. The van der Waals surface area contributed by atoms with E-state index in [1.165, 1.54) is 18.9 Å². The Kier molecular flexibility index (Phi) is 5.52. The summed E-state index contributed by atoms with van der Waals surface area (Å²) < 4.78 is 19.4. The molecule has 1 heterocycles. The number of rotatable bonds is 6. The quantitative estimate of drug-likeness (QED) is 0.865. The van der Waals surface area contributed by atoms with Crippen LogP contribution < -0.4 is 10.1 Å². The largest absolute Gasteiger partial charge is 0.496 e. The number of benzene rings is 2. The van der Waals surface area contributed by atoms with E-state index in [0.29, 0.717) is 12.2 Å². The molecule has 0 bridgehead atoms. The number of ether oxygens (including phenoxy) is 1. The Morgan fingerprint density at radius 2 is 1.96 bits per heavy atom. The minimum Gasteiger partial charge on any atom is -0.496 e. The van der Waals surface area contributed by atoms with Crippen molar-refractivity contribution in [2.45, 2.75) is 18.9 Å². The monoisotopic (exact) mass is 339 g/mol. The molecule has 130 valence electrons. The molecule has 2 aromatic carbocycles. The first-order valence-corrected chi connectivity index (χ1v) is 8.54. The van der Waals surface area contributed by atoms with Crippen molar-refractivity contribution in [2.24, 2.45) is 0 Å². The van der Waals surface area contributed by atoms with Crippen LogP contribution in [0.15, 0.2) is 42.5 Å². The number of halogens is 1. The van der Waals surface area contributed by atoms with Gasteiger partial charge in [-0.15, -0.1) is 0 Å². The average molecular weight is 339 g/mol. The lowest BCUT2D eigenvalue weighted by atomic mass is 10.0. The number of nitrogens with one attached hydrogen (secondary N) is 1. The molecule has 0 aliphatic carbocycles. The molecule has 0 amide bonds. The van der Waals surface area contributed by atoms with E-state index in [9.17, 15) is 9.65 Å². The molecule has 0 radical (unpaired) electrons. The van der Waals surface area contributed by atoms with Crippen molar-refractivity contribution in [1.29, 1.82) is 5.26 Å². The Hall–Kier alpha value is -2.58. The minimum absolute atomic E-state index is 0.0581. The molecule has 2 aromatic rings. The van der Waals surface area contributed by atoms with Gasteiger partial charge in [0.1, 0.15) is 23.2 Å².